The van der Waals surface area contributed by atoms with E-state index in [2.05, 4.69) is 0 Å². The highest BCUT2D eigenvalue weighted by atomic mass is 35.5. The topological polar surface area (TPSA) is 66.6 Å². The van der Waals surface area contributed by atoms with Gasteiger partial charge in [-0.05, 0) is 29.5 Å². The molecule has 1 aliphatic rings. The number of rotatable bonds is 4. The van der Waals surface area contributed by atoms with Crippen LogP contribution in [0.25, 0.3) is 11.1 Å². The van der Waals surface area contributed by atoms with Gasteiger partial charge in [0.2, 0.25) is 5.91 Å². The molecule has 3 rings (SSSR count). The number of nitrogens with zero attached hydrogens (tertiary/aromatic N) is 1. The molecular weight excluding hydrogens is 324 g/mol. The number of hydrogen-bond acceptors (Lipinski definition) is 3. The molecule has 0 aromatic heterocycles. The van der Waals surface area contributed by atoms with Gasteiger partial charge in [-0.3, -0.25) is 4.79 Å². The fourth-order valence-corrected chi connectivity index (χ4v) is 2.99. The van der Waals surface area contributed by atoms with E-state index in [9.17, 15) is 9.90 Å². The maximum atomic E-state index is 12.3. The monoisotopic (exact) mass is 346 g/mol. The summed E-state index contributed by atoms with van der Waals surface area (Å²) in [5.74, 6) is -0.165. The van der Waals surface area contributed by atoms with E-state index >= 15 is 0 Å². The first-order chi connectivity index (χ1) is 11.2. The molecule has 128 valence electrons. The molecule has 1 heterocycles. The summed E-state index contributed by atoms with van der Waals surface area (Å²) in [6.45, 7) is 1.48. The highest BCUT2D eigenvalue weighted by Crippen LogP contribution is 2.24. The highest BCUT2D eigenvalue weighted by molar-refractivity contribution is 5.85. The van der Waals surface area contributed by atoms with E-state index in [0.717, 1.165) is 37.1 Å². The first-order valence-electron chi connectivity index (χ1n) is 8.04. The molecule has 1 saturated heterocycles. The Morgan fingerprint density at radius 1 is 0.958 bits per heavy atom. The van der Waals surface area contributed by atoms with Crippen molar-refractivity contribution in [1.82, 2.24) is 4.90 Å². The Balaban J connectivity index is 0.00000208. The minimum Gasteiger partial charge on any atom is -0.386 e. The maximum Gasteiger partial charge on any atom is 0.242 e. The lowest BCUT2D eigenvalue weighted by Crippen LogP contribution is -2.45. The molecule has 1 fully saturated rings. The normalized spacial score (nSPS) is 16.3. The van der Waals surface area contributed by atoms with Crippen LogP contribution in [-0.4, -0.2) is 35.0 Å². The number of halogens is 1. The third-order valence-corrected chi connectivity index (χ3v) is 4.40. The quantitative estimate of drug-likeness (QED) is 0.894. The molecule has 24 heavy (non-hydrogen) atoms. The Bertz CT molecular complexity index is 655. The van der Waals surface area contributed by atoms with Gasteiger partial charge < -0.3 is 15.7 Å². The van der Waals surface area contributed by atoms with Crippen LogP contribution in [0.1, 0.15) is 24.5 Å². The molecule has 1 aliphatic heterocycles. The first-order valence-corrected chi connectivity index (χ1v) is 8.04. The molecule has 3 N–H and O–H groups in total. The molecular formula is C19H23ClN2O2. The molecule has 2 unspecified atom stereocenters. The molecule has 0 saturated carbocycles. The average molecular weight is 347 g/mol. The van der Waals surface area contributed by atoms with Crippen LogP contribution in [-0.2, 0) is 4.79 Å². The maximum absolute atomic E-state index is 12.3. The number of aliphatic hydroxyl groups is 1. The van der Waals surface area contributed by atoms with Crippen LogP contribution < -0.4 is 5.73 Å². The van der Waals surface area contributed by atoms with Gasteiger partial charge in [0.1, 0.15) is 12.1 Å². The molecule has 4 nitrogen and oxygen atoms in total. The summed E-state index contributed by atoms with van der Waals surface area (Å²) >= 11 is 0. The van der Waals surface area contributed by atoms with E-state index in [1.54, 1.807) is 4.90 Å². The van der Waals surface area contributed by atoms with Crippen LogP contribution in [0.5, 0.6) is 0 Å². The van der Waals surface area contributed by atoms with Crippen molar-refractivity contribution in [2.75, 3.05) is 13.1 Å². The van der Waals surface area contributed by atoms with Gasteiger partial charge in [0.15, 0.2) is 0 Å². The fraction of sp³-hybridized carbons (Fsp3) is 0.316. The number of likely N-dealkylation sites (tertiary alicyclic amines) is 1. The van der Waals surface area contributed by atoms with Crippen molar-refractivity contribution in [2.45, 2.75) is 25.0 Å². The molecule has 2 aromatic carbocycles. The van der Waals surface area contributed by atoms with Crippen molar-refractivity contribution >= 4 is 18.3 Å². The lowest BCUT2D eigenvalue weighted by Gasteiger charge is -2.24. The minimum atomic E-state index is -0.979. The van der Waals surface area contributed by atoms with Gasteiger partial charge in [-0.2, -0.15) is 0 Å². The number of hydrogen-bond donors (Lipinski definition) is 2. The SMILES string of the molecule is Cl.NC(C(=O)N1CCCC1)C(O)c1ccc(-c2ccccc2)cc1. The van der Waals surface area contributed by atoms with Crippen LogP contribution in [0.4, 0.5) is 0 Å². The molecule has 2 aromatic rings. The lowest BCUT2D eigenvalue weighted by molar-refractivity contribution is -0.134. The van der Waals surface area contributed by atoms with Crippen molar-refractivity contribution in [3.8, 4) is 11.1 Å². The third kappa shape index (κ3) is 3.96. The van der Waals surface area contributed by atoms with Gasteiger partial charge in [0.05, 0.1) is 0 Å². The highest BCUT2D eigenvalue weighted by Gasteiger charge is 2.29. The number of amides is 1. The van der Waals surface area contributed by atoms with Crippen molar-refractivity contribution in [2.24, 2.45) is 5.73 Å². The predicted molar refractivity (Wildman–Crippen MR) is 97.9 cm³/mol. The summed E-state index contributed by atoms with van der Waals surface area (Å²) in [7, 11) is 0. The Morgan fingerprint density at radius 3 is 2.08 bits per heavy atom. The van der Waals surface area contributed by atoms with E-state index in [-0.39, 0.29) is 18.3 Å². The second-order valence-corrected chi connectivity index (χ2v) is 5.99. The molecule has 5 heteroatoms. The Morgan fingerprint density at radius 2 is 1.50 bits per heavy atom. The van der Waals surface area contributed by atoms with Gasteiger partial charge in [-0.15, -0.1) is 12.4 Å². The minimum absolute atomic E-state index is 0. The zero-order valence-corrected chi connectivity index (χ0v) is 14.3. The van der Waals surface area contributed by atoms with E-state index < -0.39 is 12.1 Å². The number of carbonyl (C=O) groups is 1. The zero-order valence-electron chi connectivity index (χ0n) is 13.5. The third-order valence-electron chi connectivity index (χ3n) is 4.40. The largest absolute Gasteiger partial charge is 0.386 e. The van der Waals surface area contributed by atoms with E-state index in [1.165, 1.54) is 0 Å². The van der Waals surface area contributed by atoms with Gasteiger partial charge in [-0.1, -0.05) is 54.6 Å². The molecule has 0 spiro atoms. The molecule has 0 aliphatic carbocycles. The van der Waals surface area contributed by atoms with Gasteiger partial charge in [0.25, 0.3) is 0 Å². The van der Waals surface area contributed by atoms with E-state index in [0.29, 0.717) is 5.56 Å². The lowest BCUT2D eigenvalue weighted by atomic mass is 9.98. The number of carbonyl (C=O) groups excluding carboxylic acids is 1. The van der Waals surface area contributed by atoms with Crippen molar-refractivity contribution in [1.29, 1.82) is 0 Å². The number of nitrogens with two attached hydrogens (primary N) is 1. The van der Waals surface area contributed by atoms with Crippen LogP contribution in [0.15, 0.2) is 54.6 Å². The second kappa shape index (κ2) is 8.29. The van der Waals surface area contributed by atoms with Crippen molar-refractivity contribution in [3.05, 3.63) is 60.2 Å². The van der Waals surface area contributed by atoms with Crippen molar-refractivity contribution in [3.63, 3.8) is 0 Å². The van der Waals surface area contributed by atoms with Crippen LogP contribution in [0, 0.1) is 0 Å². The van der Waals surface area contributed by atoms with Gasteiger partial charge >= 0.3 is 0 Å². The number of aliphatic hydroxyl groups excluding tert-OH is 1. The predicted octanol–water partition coefficient (Wildman–Crippen LogP) is 2.76. The van der Waals surface area contributed by atoms with Crippen molar-refractivity contribution < 1.29 is 9.90 Å². The average Bonchev–Trinajstić information content (AvgIpc) is 3.15. The molecule has 2 atom stereocenters. The molecule has 0 radical (unpaired) electrons. The molecule has 0 bridgehead atoms. The second-order valence-electron chi connectivity index (χ2n) is 5.99. The summed E-state index contributed by atoms with van der Waals surface area (Å²) in [6.07, 6.45) is 1.05. The first kappa shape index (κ1) is 18.5. The summed E-state index contributed by atoms with van der Waals surface area (Å²) in [4.78, 5) is 14.0. The Labute approximate surface area is 148 Å². The zero-order chi connectivity index (χ0) is 16.2. The van der Waals surface area contributed by atoms with E-state index in [1.807, 2.05) is 54.6 Å². The number of benzene rings is 2. The van der Waals surface area contributed by atoms with Crippen LogP contribution in [0.2, 0.25) is 0 Å². The summed E-state index contributed by atoms with van der Waals surface area (Å²) in [5, 5.41) is 10.4. The van der Waals surface area contributed by atoms with Gasteiger partial charge in [-0.25, -0.2) is 0 Å². The van der Waals surface area contributed by atoms with E-state index in [4.69, 9.17) is 5.73 Å². The van der Waals surface area contributed by atoms with Crippen LogP contribution >= 0.6 is 12.4 Å². The Hall–Kier alpha value is -1.88. The fourth-order valence-electron chi connectivity index (χ4n) is 2.99. The summed E-state index contributed by atoms with van der Waals surface area (Å²) in [6, 6.07) is 16.7. The van der Waals surface area contributed by atoms with Crippen LogP contribution in [0.3, 0.4) is 0 Å². The molecule has 1 amide bonds. The van der Waals surface area contributed by atoms with Gasteiger partial charge in [0, 0.05) is 13.1 Å². The standard InChI is InChI=1S/C19H22N2O2.ClH/c20-17(19(23)21-12-4-5-13-21)18(22)16-10-8-15(9-11-16)14-6-2-1-3-7-14;/h1-3,6-11,17-18,22H,4-5,12-13,20H2;1H. The smallest absolute Gasteiger partial charge is 0.242 e. The summed E-state index contributed by atoms with van der Waals surface area (Å²) < 4.78 is 0. The Kier molecular flexibility index (Phi) is 6.37. The summed E-state index contributed by atoms with van der Waals surface area (Å²) in [5.41, 5.74) is 8.84.